The molecule has 1 aliphatic rings. The maximum Gasteiger partial charge on any atom is 0.433 e. The molecule has 0 spiro atoms. The lowest BCUT2D eigenvalue weighted by molar-refractivity contribution is -0.141. The summed E-state index contributed by atoms with van der Waals surface area (Å²) in [5, 5.41) is 3.25. The number of halogens is 3. The molecule has 2 rings (SSSR count). The molecule has 5 nitrogen and oxygen atoms in total. The van der Waals surface area contributed by atoms with Crippen LogP contribution >= 0.6 is 0 Å². The van der Waals surface area contributed by atoms with E-state index in [1.165, 1.54) is 0 Å². The number of alkyl halides is 3. The number of ether oxygens (including phenoxy) is 1. The van der Waals surface area contributed by atoms with Gasteiger partial charge in [-0.15, -0.1) is 0 Å². The molecule has 2 heterocycles. The number of hydrogen-bond acceptors (Lipinski definition) is 5. The maximum absolute atomic E-state index is 12.7. The molecule has 1 N–H and O–H groups in total. The van der Waals surface area contributed by atoms with Gasteiger partial charge in [-0.2, -0.15) is 13.2 Å². The van der Waals surface area contributed by atoms with E-state index in [1.54, 1.807) is 4.90 Å². The van der Waals surface area contributed by atoms with Gasteiger partial charge in [0.05, 0.1) is 19.3 Å². The summed E-state index contributed by atoms with van der Waals surface area (Å²) >= 11 is 0. The van der Waals surface area contributed by atoms with Gasteiger partial charge < -0.3 is 15.0 Å². The van der Waals surface area contributed by atoms with Crippen LogP contribution in [0.3, 0.4) is 0 Å². The van der Waals surface area contributed by atoms with Crippen molar-refractivity contribution in [1.82, 2.24) is 15.3 Å². The number of nitrogens with zero attached hydrogens (tertiary/aromatic N) is 3. The smallest absolute Gasteiger partial charge is 0.377 e. The normalized spacial score (nSPS) is 19.8. The van der Waals surface area contributed by atoms with Gasteiger partial charge in [0.2, 0.25) is 5.95 Å². The number of hydrogen-bond donors (Lipinski definition) is 1. The van der Waals surface area contributed by atoms with Crippen LogP contribution in [0.2, 0.25) is 0 Å². The van der Waals surface area contributed by atoms with Crippen molar-refractivity contribution >= 4 is 5.95 Å². The van der Waals surface area contributed by atoms with Crippen molar-refractivity contribution in [2.45, 2.75) is 25.6 Å². The van der Waals surface area contributed by atoms with Crippen LogP contribution in [0.4, 0.5) is 19.1 Å². The average Bonchev–Trinajstić information content (AvgIpc) is 2.47. The maximum atomic E-state index is 12.7. The monoisotopic (exact) mass is 304 g/mol. The molecule has 0 saturated carbocycles. The first-order valence-electron chi connectivity index (χ1n) is 6.97. The largest absolute Gasteiger partial charge is 0.433 e. The molecule has 0 amide bonds. The van der Waals surface area contributed by atoms with Crippen molar-refractivity contribution in [1.29, 1.82) is 0 Å². The zero-order valence-corrected chi connectivity index (χ0v) is 11.9. The number of morpholine rings is 1. The molecule has 0 radical (unpaired) electrons. The summed E-state index contributed by atoms with van der Waals surface area (Å²) < 4.78 is 43.6. The van der Waals surface area contributed by atoms with Crippen LogP contribution in [0.25, 0.3) is 0 Å². The molecular weight excluding hydrogens is 285 g/mol. The Morgan fingerprint density at radius 1 is 1.48 bits per heavy atom. The fourth-order valence-corrected chi connectivity index (χ4v) is 2.18. The van der Waals surface area contributed by atoms with Gasteiger partial charge in [0.25, 0.3) is 0 Å². The molecule has 1 aromatic heterocycles. The van der Waals surface area contributed by atoms with Gasteiger partial charge in [0, 0.05) is 19.3 Å². The molecule has 1 unspecified atom stereocenters. The van der Waals surface area contributed by atoms with E-state index in [4.69, 9.17) is 4.74 Å². The molecule has 0 aromatic carbocycles. The first-order valence-corrected chi connectivity index (χ1v) is 6.97. The summed E-state index contributed by atoms with van der Waals surface area (Å²) in [6.07, 6.45) is -2.31. The molecule has 0 bridgehead atoms. The van der Waals surface area contributed by atoms with Crippen molar-refractivity contribution in [3.63, 3.8) is 0 Å². The van der Waals surface area contributed by atoms with Crippen LogP contribution in [0.1, 0.15) is 19.0 Å². The van der Waals surface area contributed by atoms with E-state index in [2.05, 4.69) is 22.2 Å². The molecule has 8 heteroatoms. The van der Waals surface area contributed by atoms with E-state index in [0.717, 1.165) is 25.2 Å². The second-order valence-electron chi connectivity index (χ2n) is 4.87. The highest BCUT2D eigenvalue weighted by Gasteiger charge is 2.34. The third kappa shape index (κ3) is 4.28. The summed E-state index contributed by atoms with van der Waals surface area (Å²) in [4.78, 5) is 9.42. The van der Waals surface area contributed by atoms with E-state index >= 15 is 0 Å². The zero-order valence-electron chi connectivity index (χ0n) is 11.9. The lowest BCUT2D eigenvalue weighted by Crippen LogP contribution is -2.51. The van der Waals surface area contributed by atoms with Gasteiger partial charge >= 0.3 is 6.18 Å². The lowest BCUT2D eigenvalue weighted by atomic mass is 10.2. The Kier molecular flexibility index (Phi) is 5.35. The topological polar surface area (TPSA) is 50.3 Å². The molecule has 1 aliphatic heterocycles. The van der Waals surface area contributed by atoms with Gasteiger partial charge in [-0.3, -0.25) is 0 Å². The summed E-state index contributed by atoms with van der Waals surface area (Å²) in [6, 6.07) is 0.822. The van der Waals surface area contributed by atoms with Crippen LogP contribution in [-0.2, 0) is 10.9 Å². The average molecular weight is 304 g/mol. The molecular formula is C13H19F3N4O. The minimum absolute atomic E-state index is 0.0613. The predicted molar refractivity (Wildman–Crippen MR) is 72.1 cm³/mol. The van der Waals surface area contributed by atoms with Gasteiger partial charge in [-0.1, -0.05) is 6.92 Å². The quantitative estimate of drug-likeness (QED) is 0.839. The first kappa shape index (κ1) is 16.0. The fraction of sp³-hybridized carbons (Fsp3) is 0.692. The van der Waals surface area contributed by atoms with Crippen LogP contribution in [0, 0.1) is 0 Å². The minimum Gasteiger partial charge on any atom is -0.377 e. The molecule has 118 valence electrons. The van der Waals surface area contributed by atoms with Crippen LogP contribution < -0.4 is 10.2 Å². The van der Waals surface area contributed by atoms with Gasteiger partial charge in [-0.05, 0) is 19.0 Å². The van der Waals surface area contributed by atoms with Crippen molar-refractivity contribution in [2.75, 3.05) is 37.7 Å². The van der Waals surface area contributed by atoms with Gasteiger partial charge in [0.1, 0.15) is 5.69 Å². The summed E-state index contributed by atoms with van der Waals surface area (Å²) in [6.45, 7) is 4.94. The van der Waals surface area contributed by atoms with Crippen LogP contribution in [-0.4, -0.2) is 48.9 Å². The fourth-order valence-electron chi connectivity index (χ4n) is 2.18. The van der Waals surface area contributed by atoms with Gasteiger partial charge in [0.15, 0.2) is 0 Å². The second kappa shape index (κ2) is 7.04. The van der Waals surface area contributed by atoms with Crippen molar-refractivity contribution in [2.24, 2.45) is 0 Å². The standard InChI is InChI=1S/C13H19F3N4O/c1-2-4-17-8-10-9-21-7-6-20(10)12-18-5-3-11(19-12)13(14,15)16/h3,5,10,17H,2,4,6-9H2,1H3. The van der Waals surface area contributed by atoms with E-state index in [9.17, 15) is 13.2 Å². The van der Waals surface area contributed by atoms with E-state index in [1.807, 2.05) is 0 Å². The Morgan fingerprint density at radius 2 is 2.29 bits per heavy atom. The Morgan fingerprint density at radius 3 is 3.00 bits per heavy atom. The minimum atomic E-state index is -4.46. The Bertz CT molecular complexity index is 455. The SMILES string of the molecule is CCCNCC1COCCN1c1nccc(C(F)(F)F)n1. The van der Waals surface area contributed by atoms with Crippen molar-refractivity contribution in [3.8, 4) is 0 Å². The van der Waals surface area contributed by atoms with Crippen LogP contribution in [0.15, 0.2) is 12.3 Å². The Hall–Kier alpha value is -1.41. The van der Waals surface area contributed by atoms with Crippen molar-refractivity contribution < 1.29 is 17.9 Å². The first-order chi connectivity index (χ1) is 10.0. The molecule has 1 saturated heterocycles. The molecule has 0 aliphatic carbocycles. The summed E-state index contributed by atoms with van der Waals surface area (Å²) in [7, 11) is 0. The predicted octanol–water partition coefficient (Wildman–Crippen LogP) is 1.70. The molecule has 1 atom stereocenters. The molecule has 1 aromatic rings. The van der Waals surface area contributed by atoms with Gasteiger partial charge in [-0.25, -0.2) is 9.97 Å². The third-order valence-corrected chi connectivity index (χ3v) is 3.22. The van der Waals surface area contributed by atoms with E-state index < -0.39 is 11.9 Å². The number of nitrogens with one attached hydrogen (secondary N) is 1. The second-order valence-corrected chi connectivity index (χ2v) is 4.87. The highest BCUT2D eigenvalue weighted by molar-refractivity contribution is 5.33. The third-order valence-electron chi connectivity index (χ3n) is 3.22. The highest BCUT2D eigenvalue weighted by atomic mass is 19.4. The van der Waals surface area contributed by atoms with E-state index in [0.29, 0.717) is 26.3 Å². The molecule has 21 heavy (non-hydrogen) atoms. The molecule has 1 fully saturated rings. The number of rotatable bonds is 5. The van der Waals surface area contributed by atoms with E-state index in [-0.39, 0.29) is 12.0 Å². The van der Waals surface area contributed by atoms with Crippen LogP contribution in [0.5, 0.6) is 0 Å². The van der Waals surface area contributed by atoms with Crippen molar-refractivity contribution in [3.05, 3.63) is 18.0 Å². The number of aromatic nitrogens is 2. The lowest BCUT2D eigenvalue weighted by Gasteiger charge is -2.35. The summed E-state index contributed by atoms with van der Waals surface area (Å²) in [5.74, 6) is 0.108. The Labute approximate surface area is 121 Å². The zero-order chi connectivity index (χ0) is 15.3. The summed E-state index contributed by atoms with van der Waals surface area (Å²) in [5.41, 5.74) is -0.917. The number of anilines is 1. The highest BCUT2D eigenvalue weighted by Crippen LogP contribution is 2.28. The Balaban J connectivity index is 2.13.